The fourth-order valence-electron chi connectivity index (χ4n) is 1.89. The molecule has 0 unspecified atom stereocenters. The summed E-state index contributed by atoms with van der Waals surface area (Å²) in [6.07, 6.45) is 0. The van der Waals surface area contributed by atoms with Gasteiger partial charge in [0, 0.05) is 23.5 Å². The van der Waals surface area contributed by atoms with Gasteiger partial charge in [-0.1, -0.05) is 0 Å². The Hall–Kier alpha value is -2.24. The maximum absolute atomic E-state index is 13.7. The summed E-state index contributed by atoms with van der Waals surface area (Å²) >= 11 is 0. The van der Waals surface area contributed by atoms with Gasteiger partial charge in [-0.3, -0.25) is 10.1 Å². The molecule has 0 saturated heterocycles. The third-order valence-corrected chi connectivity index (χ3v) is 2.73. The predicted molar refractivity (Wildman–Crippen MR) is 61.8 cm³/mol. The van der Waals surface area contributed by atoms with Crippen LogP contribution in [0.2, 0.25) is 0 Å². The lowest BCUT2D eigenvalue weighted by molar-refractivity contribution is -0.387. The summed E-state index contributed by atoms with van der Waals surface area (Å²) in [5.41, 5.74) is 0.668. The van der Waals surface area contributed by atoms with E-state index in [9.17, 15) is 18.9 Å². The van der Waals surface area contributed by atoms with Crippen LogP contribution < -0.4 is 0 Å². The van der Waals surface area contributed by atoms with Gasteiger partial charge >= 0.3 is 5.69 Å². The van der Waals surface area contributed by atoms with E-state index in [1.165, 1.54) is 4.57 Å². The van der Waals surface area contributed by atoms with E-state index in [0.29, 0.717) is 17.5 Å². The molecule has 1 heterocycles. The molecule has 0 fully saturated rings. The minimum absolute atomic E-state index is 0.0249. The average Bonchev–Trinajstić information content (AvgIpc) is 2.59. The monoisotopic (exact) mass is 252 g/mol. The van der Waals surface area contributed by atoms with Crippen molar-refractivity contribution in [1.29, 1.82) is 0 Å². The SMILES string of the molecule is Cc1ccc(C)n1-c1cc([N+](=O)[O-])c(F)cc1F. The Kier molecular flexibility index (Phi) is 2.86. The van der Waals surface area contributed by atoms with E-state index in [2.05, 4.69) is 0 Å². The lowest BCUT2D eigenvalue weighted by atomic mass is 10.2. The van der Waals surface area contributed by atoms with Crippen LogP contribution in [0.1, 0.15) is 11.4 Å². The molecule has 0 saturated carbocycles. The summed E-state index contributed by atoms with van der Waals surface area (Å²) in [4.78, 5) is 9.79. The fraction of sp³-hybridized carbons (Fsp3) is 0.167. The van der Waals surface area contributed by atoms with Crippen LogP contribution in [0, 0.1) is 35.6 Å². The van der Waals surface area contributed by atoms with Crippen LogP contribution in [0.3, 0.4) is 0 Å². The molecule has 18 heavy (non-hydrogen) atoms. The Morgan fingerprint density at radius 3 is 2.17 bits per heavy atom. The van der Waals surface area contributed by atoms with Gasteiger partial charge in [0.05, 0.1) is 10.6 Å². The van der Waals surface area contributed by atoms with Crippen LogP contribution in [0.25, 0.3) is 5.69 Å². The molecule has 1 aromatic heterocycles. The van der Waals surface area contributed by atoms with Crippen LogP contribution >= 0.6 is 0 Å². The minimum atomic E-state index is -1.18. The molecule has 4 nitrogen and oxygen atoms in total. The zero-order chi connectivity index (χ0) is 13.4. The number of hydrogen-bond donors (Lipinski definition) is 0. The molecular formula is C12H10F2N2O2. The van der Waals surface area contributed by atoms with Crippen LogP contribution in [-0.2, 0) is 0 Å². The van der Waals surface area contributed by atoms with Gasteiger partial charge in [0.2, 0.25) is 5.82 Å². The summed E-state index contributed by atoms with van der Waals surface area (Å²) in [5.74, 6) is -2.01. The van der Waals surface area contributed by atoms with Gasteiger partial charge in [-0.15, -0.1) is 0 Å². The summed E-state index contributed by atoms with van der Waals surface area (Å²) in [7, 11) is 0. The molecule has 0 radical (unpaired) electrons. The van der Waals surface area contributed by atoms with E-state index in [1.807, 2.05) is 0 Å². The Labute approximate surface area is 102 Å². The van der Waals surface area contributed by atoms with Gasteiger partial charge < -0.3 is 4.57 Å². The van der Waals surface area contributed by atoms with Crippen molar-refractivity contribution in [2.45, 2.75) is 13.8 Å². The van der Waals surface area contributed by atoms with Crippen molar-refractivity contribution in [1.82, 2.24) is 4.57 Å². The molecule has 2 rings (SSSR count). The number of halogens is 2. The quantitative estimate of drug-likeness (QED) is 0.608. The third kappa shape index (κ3) is 1.85. The van der Waals surface area contributed by atoms with E-state index >= 15 is 0 Å². The number of benzene rings is 1. The first-order valence-corrected chi connectivity index (χ1v) is 5.20. The number of nitro groups is 1. The molecule has 0 bridgehead atoms. The normalized spacial score (nSPS) is 10.7. The number of nitro benzene ring substituents is 1. The van der Waals surface area contributed by atoms with Gasteiger partial charge in [-0.05, 0) is 26.0 Å². The largest absolute Gasteiger partial charge is 0.316 e. The zero-order valence-electron chi connectivity index (χ0n) is 9.78. The summed E-state index contributed by atoms with van der Waals surface area (Å²) in [5, 5.41) is 10.7. The predicted octanol–water partition coefficient (Wildman–Crippen LogP) is 3.28. The maximum Gasteiger partial charge on any atom is 0.307 e. The second-order valence-electron chi connectivity index (χ2n) is 3.96. The molecular weight excluding hydrogens is 242 g/mol. The Morgan fingerprint density at radius 1 is 1.11 bits per heavy atom. The first kappa shape index (κ1) is 12.2. The molecule has 1 aromatic carbocycles. The van der Waals surface area contributed by atoms with Crippen LogP contribution in [0.5, 0.6) is 0 Å². The molecule has 0 atom stereocenters. The molecule has 0 aliphatic carbocycles. The number of rotatable bonds is 2. The molecule has 0 spiro atoms. The number of aryl methyl sites for hydroxylation is 2. The highest BCUT2D eigenvalue weighted by Crippen LogP contribution is 2.26. The number of nitrogens with zero attached hydrogens (tertiary/aromatic N) is 2. The van der Waals surface area contributed by atoms with Gasteiger partial charge in [0.15, 0.2) is 5.82 Å². The number of hydrogen-bond acceptors (Lipinski definition) is 2. The number of aromatic nitrogens is 1. The summed E-state index contributed by atoms with van der Waals surface area (Å²) < 4.78 is 28.5. The van der Waals surface area contributed by atoms with Crippen LogP contribution in [-0.4, -0.2) is 9.49 Å². The first-order chi connectivity index (χ1) is 8.41. The second-order valence-corrected chi connectivity index (χ2v) is 3.96. The van der Waals surface area contributed by atoms with Crippen molar-refractivity contribution >= 4 is 5.69 Å². The van der Waals surface area contributed by atoms with Crippen molar-refractivity contribution in [3.05, 3.63) is 57.4 Å². The fourth-order valence-corrected chi connectivity index (χ4v) is 1.89. The Morgan fingerprint density at radius 2 is 1.67 bits per heavy atom. The minimum Gasteiger partial charge on any atom is -0.316 e. The smallest absolute Gasteiger partial charge is 0.307 e. The molecule has 0 aliphatic rings. The summed E-state index contributed by atoms with van der Waals surface area (Å²) in [6.45, 7) is 3.48. The molecule has 0 N–H and O–H groups in total. The molecule has 0 amide bonds. The highest BCUT2D eigenvalue weighted by Gasteiger charge is 2.20. The molecule has 2 aromatic rings. The van der Waals surface area contributed by atoms with Crippen molar-refractivity contribution in [2.75, 3.05) is 0 Å². The van der Waals surface area contributed by atoms with Gasteiger partial charge in [-0.2, -0.15) is 4.39 Å². The van der Waals surface area contributed by atoms with Gasteiger partial charge in [0.1, 0.15) is 0 Å². The Balaban J connectivity index is 2.72. The second kappa shape index (κ2) is 4.21. The Bertz CT molecular complexity index is 616. The molecule has 94 valence electrons. The van der Waals surface area contributed by atoms with Gasteiger partial charge in [-0.25, -0.2) is 4.39 Å². The topological polar surface area (TPSA) is 48.1 Å². The van der Waals surface area contributed by atoms with E-state index < -0.39 is 22.2 Å². The summed E-state index contributed by atoms with van der Waals surface area (Å²) in [6, 6.07) is 4.95. The van der Waals surface area contributed by atoms with E-state index in [-0.39, 0.29) is 5.69 Å². The van der Waals surface area contributed by atoms with Crippen molar-refractivity contribution < 1.29 is 13.7 Å². The average molecular weight is 252 g/mol. The lowest BCUT2D eigenvalue weighted by Gasteiger charge is -2.10. The van der Waals surface area contributed by atoms with Crippen LogP contribution in [0.4, 0.5) is 14.5 Å². The van der Waals surface area contributed by atoms with Crippen LogP contribution in [0.15, 0.2) is 24.3 Å². The van der Waals surface area contributed by atoms with Gasteiger partial charge in [0.25, 0.3) is 0 Å². The van der Waals surface area contributed by atoms with Crippen molar-refractivity contribution in [2.24, 2.45) is 0 Å². The highest BCUT2D eigenvalue weighted by molar-refractivity contribution is 5.47. The van der Waals surface area contributed by atoms with Crippen molar-refractivity contribution in [3.63, 3.8) is 0 Å². The van der Waals surface area contributed by atoms with E-state index in [1.54, 1.807) is 26.0 Å². The highest BCUT2D eigenvalue weighted by atomic mass is 19.1. The zero-order valence-corrected chi connectivity index (χ0v) is 9.78. The standard InChI is InChI=1S/C12H10F2N2O2/c1-7-3-4-8(2)15(7)11-6-12(16(17)18)10(14)5-9(11)13/h3-6H,1-2H3. The maximum atomic E-state index is 13.7. The van der Waals surface area contributed by atoms with E-state index in [4.69, 9.17) is 0 Å². The van der Waals surface area contributed by atoms with E-state index in [0.717, 1.165) is 6.07 Å². The third-order valence-electron chi connectivity index (χ3n) is 2.73. The first-order valence-electron chi connectivity index (χ1n) is 5.20. The van der Waals surface area contributed by atoms with Crippen molar-refractivity contribution in [3.8, 4) is 5.69 Å². The molecule has 0 aliphatic heterocycles. The molecule has 6 heteroatoms. The lowest BCUT2D eigenvalue weighted by Crippen LogP contribution is -2.04.